The van der Waals surface area contributed by atoms with Gasteiger partial charge < -0.3 is 9.73 Å². The molecular formula is C20H21N3O3. The highest BCUT2D eigenvalue weighted by atomic mass is 16.3. The van der Waals surface area contributed by atoms with E-state index in [-0.39, 0.29) is 11.5 Å². The summed E-state index contributed by atoms with van der Waals surface area (Å²) in [5, 5.41) is 7.20. The molecule has 0 atom stereocenters. The van der Waals surface area contributed by atoms with Crippen molar-refractivity contribution in [2.24, 2.45) is 0 Å². The van der Waals surface area contributed by atoms with Gasteiger partial charge in [-0.15, -0.1) is 0 Å². The SMILES string of the molecule is Cc1ccc(CNC(=O)C(C)(C)n2nc(-c3ccco3)ccc2=O)cc1. The molecule has 0 aliphatic carbocycles. The van der Waals surface area contributed by atoms with Crippen LogP contribution in [0.3, 0.4) is 0 Å². The molecule has 0 aliphatic rings. The fourth-order valence-corrected chi connectivity index (χ4v) is 2.57. The Morgan fingerprint density at radius 2 is 1.88 bits per heavy atom. The van der Waals surface area contributed by atoms with E-state index in [1.807, 2.05) is 31.2 Å². The van der Waals surface area contributed by atoms with E-state index in [1.165, 1.54) is 17.0 Å². The maximum atomic E-state index is 12.7. The molecule has 0 saturated carbocycles. The first-order valence-electron chi connectivity index (χ1n) is 8.36. The minimum atomic E-state index is -1.15. The Bertz CT molecular complexity index is 955. The van der Waals surface area contributed by atoms with Gasteiger partial charge >= 0.3 is 0 Å². The minimum Gasteiger partial charge on any atom is -0.463 e. The van der Waals surface area contributed by atoms with Crippen molar-refractivity contribution in [1.29, 1.82) is 0 Å². The summed E-state index contributed by atoms with van der Waals surface area (Å²) in [6.07, 6.45) is 1.53. The van der Waals surface area contributed by atoms with E-state index in [0.29, 0.717) is 18.0 Å². The molecule has 0 spiro atoms. The number of nitrogens with one attached hydrogen (secondary N) is 1. The van der Waals surface area contributed by atoms with Gasteiger partial charge in [-0.1, -0.05) is 29.8 Å². The van der Waals surface area contributed by atoms with Crippen molar-refractivity contribution in [3.63, 3.8) is 0 Å². The molecule has 0 unspecified atom stereocenters. The third-order valence-corrected chi connectivity index (χ3v) is 4.23. The highest BCUT2D eigenvalue weighted by Gasteiger charge is 2.32. The van der Waals surface area contributed by atoms with Crippen LogP contribution in [0.5, 0.6) is 0 Å². The Morgan fingerprint density at radius 1 is 1.15 bits per heavy atom. The Balaban J connectivity index is 1.82. The second kappa shape index (κ2) is 7.00. The van der Waals surface area contributed by atoms with Gasteiger partial charge in [0.1, 0.15) is 11.2 Å². The Morgan fingerprint density at radius 3 is 2.54 bits per heavy atom. The van der Waals surface area contributed by atoms with E-state index in [1.54, 1.807) is 32.0 Å². The monoisotopic (exact) mass is 351 g/mol. The molecule has 134 valence electrons. The second-order valence-electron chi connectivity index (χ2n) is 6.67. The quantitative estimate of drug-likeness (QED) is 0.767. The van der Waals surface area contributed by atoms with E-state index < -0.39 is 5.54 Å². The van der Waals surface area contributed by atoms with Crippen LogP contribution < -0.4 is 10.9 Å². The first-order valence-corrected chi connectivity index (χ1v) is 8.36. The molecule has 6 nitrogen and oxygen atoms in total. The van der Waals surface area contributed by atoms with Crippen molar-refractivity contribution in [3.05, 3.63) is 76.3 Å². The van der Waals surface area contributed by atoms with E-state index >= 15 is 0 Å². The number of hydrogen-bond donors (Lipinski definition) is 1. The van der Waals surface area contributed by atoms with Gasteiger partial charge in [0.05, 0.1) is 6.26 Å². The molecule has 1 amide bonds. The highest BCUT2D eigenvalue weighted by Crippen LogP contribution is 2.18. The topological polar surface area (TPSA) is 77.1 Å². The van der Waals surface area contributed by atoms with Crippen LogP contribution in [0.2, 0.25) is 0 Å². The molecule has 3 rings (SSSR count). The van der Waals surface area contributed by atoms with Gasteiger partial charge in [0.15, 0.2) is 5.76 Å². The van der Waals surface area contributed by atoms with Gasteiger partial charge in [-0.05, 0) is 44.5 Å². The summed E-state index contributed by atoms with van der Waals surface area (Å²) in [4.78, 5) is 25.0. The van der Waals surface area contributed by atoms with Crippen LogP contribution in [0.25, 0.3) is 11.5 Å². The van der Waals surface area contributed by atoms with Crippen LogP contribution in [-0.4, -0.2) is 15.7 Å². The predicted molar refractivity (Wildman–Crippen MR) is 98.5 cm³/mol. The number of hydrogen-bond acceptors (Lipinski definition) is 4. The first kappa shape index (κ1) is 17.7. The number of nitrogens with zero attached hydrogens (tertiary/aromatic N) is 2. The Kier molecular flexibility index (Phi) is 4.75. The van der Waals surface area contributed by atoms with Gasteiger partial charge in [0.25, 0.3) is 5.56 Å². The molecule has 2 aromatic heterocycles. The molecule has 0 saturated heterocycles. The summed E-state index contributed by atoms with van der Waals surface area (Å²) < 4.78 is 6.51. The van der Waals surface area contributed by atoms with Gasteiger partial charge in [0, 0.05) is 12.6 Å². The van der Waals surface area contributed by atoms with E-state index in [4.69, 9.17) is 4.42 Å². The van der Waals surface area contributed by atoms with Crippen molar-refractivity contribution in [1.82, 2.24) is 15.1 Å². The van der Waals surface area contributed by atoms with Crippen LogP contribution in [0.4, 0.5) is 0 Å². The summed E-state index contributed by atoms with van der Waals surface area (Å²) in [6, 6.07) is 14.4. The lowest BCUT2D eigenvalue weighted by molar-refractivity contribution is -0.129. The molecule has 26 heavy (non-hydrogen) atoms. The number of carbonyl (C=O) groups is 1. The van der Waals surface area contributed by atoms with Gasteiger partial charge in [-0.25, -0.2) is 4.68 Å². The summed E-state index contributed by atoms with van der Waals surface area (Å²) in [6.45, 7) is 5.72. The number of rotatable bonds is 5. The summed E-state index contributed by atoms with van der Waals surface area (Å²) in [5.74, 6) is 0.249. The molecular weight excluding hydrogens is 330 g/mol. The molecule has 2 heterocycles. The number of aromatic nitrogens is 2. The Hall–Kier alpha value is -3.15. The zero-order chi connectivity index (χ0) is 18.7. The first-order chi connectivity index (χ1) is 12.4. The molecule has 0 fully saturated rings. The third-order valence-electron chi connectivity index (χ3n) is 4.23. The molecule has 0 aliphatic heterocycles. The molecule has 3 aromatic rings. The number of aryl methyl sites for hydroxylation is 1. The molecule has 0 bridgehead atoms. The third kappa shape index (κ3) is 3.59. The molecule has 6 heteroatoms. The average molecular weight is 351 g/mol. The molecule has 0 radical (unpaired) electrons. The summed E-state index contributed by atoms with van der Waals surface area (Å²) in [5.41, 5.74) is 1.14. The number of furan rings is 1. The number of carbonyl (C=O) groups excluding carboxylic acids is 1. The smallest absolute Gasteiger partial charge is 0.267 e. The lowest BCUT2D eigenvalue weighted by Gasteiger charge is -2.25. The summed E-state index contributed by atoms with van der Waals surface area (Å²) in [7, 11) is 0. The van der Waals surface area contributed by atoms with Crippen LogP contribution in [0.15, 0.2) is 64.0 Å². The van der Waals surface area contributed by atoms with Crippen molar-refractivity contribution in [2.75, 3.05) is 0 Å². The van der Waals surface area contributed by atoms with E-state index in [0.717, 1.165) is 11.1 Å². The van der Waals surface area contributed by atoms with Crippen molar-refractivity contribution >= 4 is 5.91 Å². The summed E-state index contributed by atoms with van der Waals surface area (Å²) >= 11 is 0. The largest absolute Gasteiger partial charge is 0.463 e. The fraction of sp³-hybridized carbons (Fsp3) is 0.250. The zero-order valence-electron chi connectivity index (χ0n) is 15.0. The van der Waals surface area contributed by atoms with Crippen LogP contribution in [-0.2, 0) is 16.9 Å². The predicted octanol–water partition coefficient (Wildman–Crippen LogP) is 2.86. The number of amides is 1. The van der Waals surface area contributed by atoms with Crippen LogP contribution in [0, 0.1) is 6.92 Å². The van der Waals surface area contributed by atoms with Gasteiger partial charge in [0.2, 0.25) is 5.91 Å². The average Bonchev–Trinajstić information content (AvgIpc) is 3.16. The minimum absolute atomic E-state index is 0.288. The Labute approximate surface area is 151 Å². The lowest BCUT2D eigenvalue weighted by atomic mass is 10.0. The van der Waals surface area contributed by atoms with Gasteiger partial charge in [-0.3, -0.25) is 9.59 Å². The van der Waals surface area contributed by atoms with Crippen LogP contribution in [0.1, 0.15) is 25.0 Å². The van der Waals surface area contributed by atoms with Crippen molar-refractivity contribution < 1.29 is 9.21 Å². The zero-order valence-corrected chi connectivity index (χ0v) is 15.0. The molecule has 1 aromatic carbocycles. The van der Waals surface area contributed by atoms with Gasteiger partial charge in [-0.2, -0.15) is 5.10 Å². The highest BCUT2D eigenvalue weighted by molar-refractivity contribution is 5.83. The lowest BCUT2D eigenvalue weighted by Crippen LogP contribution is -2.49. The maximum absolute atomic E-state index is 12.7. The van der Waals surface area contributed by atoms with Crippen molar-refractivity contribution in [3.8, 4) is 11.5 Å². The number of benzene rings is 1. The van der Waals surface area contributed by atoms with Crippen LogP contribution >= 0.6 is 0 Å². The van der Waals surface area contributed by atoms with E-state index in [9.17, 15) is 9.59 Å². The molecule has 1 N–H and O–H groups in total. The normalized spacial score (nSPS) is 11.3. The maximum Gasteiger partial charge on any atom is 0.267 e. The fourth-order valence-electron chi connectivity index (χ4n) is 2.57. The second-order valence-corrected chi connectivity index (χ2v) is 6.67. The van der Waals surface area contributed by atoms with Crippen molar-refractivity contribution in [2.45, 2.75) is 32.9 Å². The standard InChI is InChI=1S/C20H21N3O3/c1-14-6-8-15(9-7-14)13-21-19(25)20(2,3)23-18(24)11-10-16(22-23)17-5-4-12-26-17/h4-12H,13H2,1-3H3,(H,21,25). The van der Waals surface area contributed by atoms with E-state index in [2.05, 4.69) is 10.4 Å².